The summed E-state index contributed by atoms with van der Waals surface area (Å²) in [7, 11) is 0. The SMILES string of the molecule is C#Cc1ccc(N=Nc2ccccc2)cc1. The maximum Gasteiger partial charge on any atom is 0.0857 e. The average molecular weight is 206 g/mol. The van der Waals surface area contributed by atoms with Crippen LogP contribution in [0, 0.1) is 12.3 Å². The van der Waals surface area contributed by atoms with E-state index >= 15 is 0 Å². The van der Waals surface area contributed by atoms with E-state index in [1.807, 2.05) is 54.6 Å². The van der Waals surface area contributed by atoms with Crippen LogP contribution in [0.25, 0.3) is 0 Å². The Kier molecular flexibility index (Phi) is 3.10. The zero-order valence-electron chi connectivity index (χ0n) is 8.67. The Morgan fingerprint density at radius 1 is 0.750 bits per heavy atom. The zero-order chi connectivity index (χ0) is 11.2. The summed E-state index contributed by atoms with van der Waals surface area (Å²) in [6.45, 7) is 0. The van der Waals surface area contributed by atoms with E-state index in [9.17, 15) is 0 Å². The molecule has 2 aromatic carbocycles. The Morgan fingerprint density at radius 3 is 1.88 bits per heavy atom. The van der Waals surface area contributed by atoms with Gasteiger partial charge in [-0.3, -0.25) is 0 Å². The first-order valence-corrected chi connectivity index (χ1v) is 4.92. The van der Waals surface area contributed by atoms with Crippen molar-refractivity contribution < 1.29 is 0 Å². The first-order valence-electron chi connectivity index (χ1n) is 4.92. The second-order valence-corrected chi connectivity index (χ2v) is 3.23. The molecule has 0 radical (unpaired) electrons. The van der Waals surface area contributed by atoms with Crippen LogP contribution in [-0.2, 0) is 0 Å². The van der Waals surface area contributed by atoms with Gasteiger partial charge in [0.05, 0.1) is 11.4 Å². The van der Waals surface area contributed by atoms with E-state index in [1.54, 1.807) is 0 Å². The molecular weight excluding hydrogens is 196 g/mol. The molecule has 2 rings (SSSR count). The molecule has 0 saturated heterocycles. The standard InChI is InChI=1S/C14H10N2/c1-2-12-8-10-14(11-9-12)16-15-13-6-4-3-5-7-13/h1,3-11H. The minimum absolute atomic E-state index is 0.794. The molecule has 0 aliphatic carbocycles. The summed E-state index contributed by atoms with van der Waals surface area (Å²) in [5.41, 5.74) is 2.48. The molecule has 0 atom stereocenters. The van der Waals surface area contributed by atoms with E-state index in [0.717, 1.165) is 16.9 Å². The van der Waals surface area contributed by atoms with E-state index in [-0.39, 0.29) is 0 Å². The summed E-state index contributed by atoms with van der Waals surface area (Å²) < 4.78 is 0. The fourth-order valence-corrected chi connectivity index (χ4v) is 1.23. The van der Waals surface area contributed by atoms with Gasteiger partial charge in [0.25, 0.3) is 0 Å². The lowest BCUT2D eigenvalue weighted by atomic mass is 10.2. The quantitative estimate of drug-likeness (QED) is 0.522. The highest BCUT2D eigenvalue weighted by molar-refractivity contribution is 5.44. The molecule has 16 heavy (non-hydrogen) atoms. The molecule has 0 fully saturated rings. The van der Waals surface area contributed by atoms with Crippen molar-refractivity contribution in [3.05, 3.63) is 60.2 Å². The van der Waals surface area contributed by atoms with Gasteiger partial charge >= 0.3 is 0 Å². The van der Waals surface area contributed by atoms with Crippen molar-refractivity contribution in [1.29, 1.82) is 0 Å². The number of azo groups is 1. The maximum absolute atomic E-state index is 5.26. The van der Waals surface area contributed by atoms with Crippen molar-refractivity contribution in [2.45, 2.75) is 0 Å². The highest BCUT2D eigenvalue weighted by Crippen LogP contribution is 2.17. The van der Waals surface area contributed by atoms with Gasteiger partial charge < -0.3 is 0 Å². The van der Waals surface area contributed by atoms with Gasteiger partial charge in [0, 0.05) is 5.56 Å². The summed E-state index contributed by atoms with van der Waals surface area (Å²) >= 11 is 0. The van der Waals surface area contributed by atoms with Gasteiger partial charge in [0.15, 0.2) is 0 Å². The molecular formula is C14H10N2. The van der Waals surface area contributed by atoms with E-state index in [4.69, 9.17) is 6.42 Å². The van der Waals surface area contributed by atoms with Crippen molar-refractivity contribution >= 4 is 11.4 Å². The number of rotatable bonds is 2. The molecule has 0 spiro atoms. The summed E-state index contributed by atoms with van der Waals surface area (Å²) in [6.07, 6.45) is 5.26. The van der Waals surface area contributed by atoms with Crippen molar-refractivity contribution in [2.24, 2.45) is 10.2 Å². The molecule has 0 aliphatic heterocycles. The summed E-state index contributed by atoms with van der Waals surface area (Å²) in [5, 5.41) is 8.21. The minimum atomic E-state index is 0.794. The molecule has 2 nitrogen and oxygen atoms in total. The lowest BCUT2D eigenvalue weighted by Crippen LogP contribution is -1.70. The number of terminal acetylenes is 1. The van der Waals surface area contributed by atoms with Crippen molar-refractivity contribution in [1.82, 2.24) is 0 Å². The lowest BCUT2D eigenvalue weighted by molar-refractivity contribution is 1.23. The minimum Gasteiger partial charge on any atom is -0.151 e. The van der Waals surface area contributed by atoms with Crippen LogP contribution in [0.4, 0.5) is 11.4 Å². The van der Waals surface area contributed by atoms with Gasteiger partial charge in [-0.05, 0) is 36.4 Å². The van der Waals surface area contributed by atoms with E-state index in [1.165, 1.54) is 0 Å². The van der Waals surface area contributed by atoms with Gasteiger partial charge in [-0.25, -0.2) is 0 Å². The van der Waals surface area contributed by atoms with Crippen LogP contribution in [0.2, 0.25) is 0 Å². The van der Waals surface area contributed by atoms with Crippen molar-refractivity contribution in [2.75, 3.05) is 0 Å². The highest BCUT2D eigenvalue weighted by atomic mass is 15.1. The Labute approximate surface area is 94.7 Å². The predicted octanol–water partition coefficient (Wildman–Crippen LogP) is 4.08. The predicted molar refractivity (Wildman–Crippen MR) is 65.0 cm³/mol. The van der Waals surface area contributed by atoms with E-state index < -0.39 is 0 Å². The Morgan fingerprint density at radius 2 is 1.31 bits per heavy atom. The number of hydrogen-bond donors (Lipinski definition) is 0. The van der Waals surface area contributed by atoms with Crippen LogP contribution >= 0.6 is 0 Å². The number of nitrogens with zero attached hydrogens (tertiary/aromatic N) is 2. The molecule has 2 aromatic rings. The van der Waals surface area contributed by atoms with Crippen LogP contribution < -0.4 is 0 Å². The first kappa shape index (κ1) is 10.1. The third-order valence-corrected chi connectivity index (χ3v) is 2.07. The van der Waals surface area contributed by atoms with Gasteiger partial charge in [-0.1, -0.05) is 24.1 Å². The Bertz CT molecular complexity index is 519. The normalized spacial score (nSPS) is 10.2. The summed E-state index contributed by atoms with van der Waals surface area (Å²) in [4.78, 5) is 0. The van der Waals surface area contributed by atoms with Crippen molar-refractivity contribution in [3.63, 3.8) is 0 Å². The summed E-state index contributed by atoms with van der Waals surface area (Å²) in [5.74, 6) is 2.56. The summed E-state index contributed by atoms with van der Waals surface area (Å²) in [6, 6.07) is 17.0. The van der Waals surface area contributed by atoms with Gasteiger partial charge in [0.2, 0.25) is 0 Å². The second kappa shape index (κ2) is 4.90. The van der Waals surface area contributed by atoms with Gasteiger partial charge in [-0.15, -0.1) is 6.42 Å². The van der Waals surface area contributed by atoms with Crippen LogP contribution in [-0.4, -0.2) is 0 Å². The number of hydrogen-bond acceptors (Lipinski definition) is 2. The lowest BCUT2D eigenvalue weighted by Gasteiger charge is -1.93. The Hall–Kier alpha value is -2.40. The van der Waals surface area contributed by atoms with E-state index in [0.29, 0.717) is 0 Å². The smallest absolute Gasteiger partial charge is 0.0857 e. The van der Waals surface area contributed by atoms with Crippen LogP contribution in [0.1, 0.15) is 5.56 Å². The molecule has 0 unspecified atom stereocenters. The fourth-order valence-electron chi connectivity index (χ4n) is 1.23. The largest absolute Gasteiger partial charge is 0.151 e. The molecule has 0 N–H and O–H groups in total. The molecule has 2 heteroatoms. The van der Waals surface area contributed by atoms with Gasteiger partial charge in [0.1, 0.15) is 0 Å². The molecule has 0 bridgehead atoms. The van der Waals surface area contributed by atoms with Gasteiger partial charge in [-0.2, -0.15) is 10.2 Å². The monoisotopic (exact) mass is 206 g/mol. The first-order chi connectivity index (χ1) is 7.88. The highest BCUT2D eigenvalue weighted by Gasteiger charge is 1.90. The topological polar surface area (TPSA) is 24.7 Å². The third-order valence-electron chi connectivity index (χ3n) is 2.07. The van der Waals surface area contributed by atoms with E-state index in [2.05, 4.69) is 16.1 Å². The second-order valence-electron chi connectivity index (χ2n) is 3.23. The average Bonchev–Trinajstić information content (AvgIpc) is 2.38. The van der Waals surface area contributed by atoms with Crippen LogP contribution in [0.3, 0.4) is 0 Å². The van der Waals surface area contributed by atoms with Crippen LogP contribution in [0.5, 0.6) is 0 Å². The van der Waals surface area contributed by atoms with Crippen LogP contribution in [0.15, 0.2) is 64.8 Å². The Balaban J connectivity index is 2.15. The molecule has 0 aromatic heterocycles. The molecule has 0 amide bonds. The molecule has 0 saturated carbocycles. The maximum atomic E-state index is 5.26. The van der Waals surface area contributed by atoms with Crippen molar-refractivity contribution in [3.8, 4) is 12.3 Å². The molecule has 0 aliphatic rings. The fraction of sp³-hybridized carbons (Fsp3) is 0. The number of benzene rings is 2. The third kappa shape index (κ3) is 2.55. The molecule has 0 heterocycles. The zero-order valence-corrected chi connectivity index (χ0v) is 8.67. The molecule has 76 valence electrons.